The summed E-state index contributed by atoms with van der Waals surface area (Å²) >= 11 is 5.85. The molecule has 2 rings (SSSR count). The topological polar surface area (TPSA) is 26.0 Å². The lowest BCUT2D eigenvalue weighted by Crippen LogP contribution is -1.83. The lowest BCUT2D eigenvalue weighted by atomic mass is 10.1. The fraction of sp³-hybridized carbons (Fsp3) is 0.250. The summed E-state index contributed by atoms with van der Waals surface area (Å²) in [5.41, 5.74) is 1.64. The first-order valence-corrected chi connectivity index (χ1v) is 5.38. The predicted octanol–water partition coefficient (Wildman–Crippen LogP) is 4.09. The zero-order valence-corrected chi connectivity index (χ0v) is 9.75. The maximum absolute atomic E-state index is 12.9. The Balaban J connectivity index is 2.42. The molecule has 0 spiro atoms. The molecular weight excluding hydrogens is 229 g/mol. The molecular formula is C12H11ClFNO. The van der Waals surface area contributed by atoms with Gasteiger partial charge in [0.05, 0.1) is 6.20 Å². The Labute approximate surface area is 98.1 Å². The first-order valence-electron chi connectivity index (χ1n) is 4.94. The van der Waals surface area contributed by atoms with Gasteiger partial charge in [-0.1, -0.05) is 0 Å². The van der Waals surface area contributed by atoms with Crippen molar-refractivity contribution in [3.63, 3.8) is 0 Å². The number of oxazole rings is 1. The molecule has 0 aliphatic rings. The van der Waals surface area contributed by atoms with Crippen LogP contribution in [0.4, 0.5) is 4.39 Å². The Morgan fingerprint density at radius 3 is 2.75 bits per heavy atom. The van der Waals surface area contributed by atoms with E-state index in [9.17, 15) is 4.39 Å². The second-order valence-corrected chi connectivity index (χ2v) is 4.29. The van der Waals surface area contributed by atoms with Crippen LogP contribution < -0.4 is 0 Å². The minimum absolute atomic E-state index is 0.258. The molecule has 1 aromatic carbocycles. The molecule has 0 saturated carbocycles. The molecule has 0 amide bonds. The monoisotopic (exact) mass is 239 g/mol. The second kappa shape index (κ2) is 4.26. The van der Waals surface area contributed by atoms with E-state index in [-0.39, 0.29) is 11.2 Å². The van der Waals surface area contributed by atoms with Crippen LogP contribution in [0.1, 0.15) is 23.8 Å². The number of halogens is 2. The van der Waals surface area contributed by atoms with Crippen molar-refractivity contribution in [1.82, 2.24) is 4.98 Å². The number of alkyl halides is 1. The first kappa shape index (κ1) is 11.1. The molecule has 0 fully saturated rings. The third-order valence-corrected chi connectivity index (χ3v) is 2.50. The average Bonchev–Trinajstić information content (AvgIpc) is 2.66. The van der Waals surface area contributed by atoms with E-state index < -0.39 is 0 Å². The molecule has 0 saturated heterocycles. The summed E-state index contributed by atoms with van der Waals surface area (Å²) in [4.78, 5) is 4.06. The Bertz CT molecular complexity index is 507. The standard InChI is InChI=1S/C12H11ClFNO/c1-7-5-9(14)3-4-10(7)11-6-15-12(16-11)8(2)13/h3-6,8H,1-2H3. The molecule has 1 heterocycles. The van der Waals surface area contributed by atoms with E-state index in [1.807, 2.05) is 6.92 Å². The van der Waals surface area contributed by atoms with Crippen molar-refractivity contribution in [3.8, 4) is 11.3 Å². The Morgan fingerprint density at radius 2 is 2.19 bits per heavy atom. The number of hydrogen-bond acceptors (Lipinski definition) is 2. The summed E-state index contributed by atoms with van der Waals surface area (Å²) in [7, 11) is 0. The van der Waals surface area contributed by atoms with Gasteiger partial charge in [-0.15, -0.1) is 11.6 Å². The summed E-state index contributed by atoms with van der Waals surface area (Å²) in [6, 6.07) is 4.53. The van der Waals surface area contributed by atoms with Crippen LogP contribution in [0.25, 0.3) is 11.3 Å². The molecule has 1 aromatic heterocycles. The fourth-order valence-electron chi connectivity index (χ4n) is 1.50. The third-order valence-electron chi connectivity index (χ3n) is 2.32. The van der Waals surface area contributed by atoms with E-state index in [0.29, 0.717) is 11.7 Å². The lowest BCUT2D eigenvalue weighted by Gasteiger charge is -2.01. The Morgan fingerprint density at radius 1 is 1.44 bits per heavy atom. The Kier molecular flexibility index (Phi) is 2.97. The summed E-state index contributed by atoms with van der Waals surface area (Å²) < 4.78 is 18.4. The zero-order chi connectivity index (χ0) is 11.7. The molecule has 1 atom stereocenters. The summed E-state index contributed by atoms with van der Waals surface area (Å²) in [6.07, 6.45) is 1.61. The van der Waals surface area contributed by atoms with Crippen LogP contribution in [-0.2, 0) is 0 Å². The van der Waals surface area contributed by atoms with E-state index >= 15 is 0 Å². The highest BCUT2D eigenvalue weighted by molar-refractivity contribution is 6.20. The van der Waals surface area contributed by atoms with Crippen molar-refractivity contribution < 1.29 is 8.81 Å². The lowest BCUT2D eigenvalue weighted by molar-refractivity contribution is 0.507. The molecule has 0 bridgehead atoms. The average molecular weight is 240 g/mol. The first-order chi connectivity index (χ1) is 7.58. The van der Waals surface area contributed by atoms with Gasteiger partial charge in [0.2, 0.25) is 5.89 Å². The fourth-order valence-corrected chi connectivity index (χ4v) is 1.60. The summed E-state index contributed by atoms with van der Waals surface area (Å²) in [5.74, 6) is 0.826. The molecule has 2 aromatic rings. The number of aromatic nitrogens is 1. The van der Waals surface area contributed by atoms with Crippen LogP contribution in [0.3, 0.4) is 0 Å². The predicted molar refractivity (Wildman–Crippen MR) is 60.9 cm³/mol. The van der Waals surface area contributed by atoms with Gasteiger partial charge >= 0.3 is 0 Å². The highest BCUT2D eigenvalue weighted by Gasteiger charge is 2.12. The van der Waals surface area contributed by atoms with Crippen LogP contribution in [0, 0.1) is 12.7 Å². The van der Waals surface area contributed by atoms with Gasteiger partial charge in [-0.3, -0.25) is 0 Å². The molecule has 1 unspecified atom stereocenters. The smallest absolute Gasteiger partial charge is 0.212 e. The maximum atomic E-state index is 12.9. The number of hydrogen-bond donors (Lipinski definition) is 0. The molecule has 0 radical (unpaired) electrons. The largest absolute Gasteiger partial charge is 0.439 e. The van der Waals surface area contributed by atoms with Crippen molar-refractivity contribution in [3.05, 3.63) is 41.7 Å². The minimum Gasteiger partial charge on any atom is -0.439 e. The van der Waals surface area contributed by atoms with Crippen LogP contribution in [-0.4, -0.2) is 4.98 Å². The molecule has 0 aliphatic heterocycles. The number of rotatable bonds is 2. The van der Waals surface area contributed by atoms with Gasteiger partial charge in [0, 0.05) is 5.56 Å². The normalized spacial score (nSPS) is 12.8. The van der Waals surface area contributed by atoms with E-state index in [1.165, 1.54) is 12.1 Å². The van der Waals surface area contributed by atoms with Crippen LogP contribution in [0.2, 0.25) is 0 Å². The molecule has 0 N–H and O–H groups in total. The number of nitrogens with zero attached hydrogens (tertiary/aromatic N) is 1. The van der Waals surface area contributed by atoms with Crippen molar-refractivity contribution in [2.45, 2.75) is 19.2 Å². The van der Waals surface area contributed by atoms with Gasteiger partial charge in [-0.05, 0) is 37.6 Å². The number of aryl methyl sites for hydroxylation is 1. The van der Waals surface area contributed by atoms with Gasteiger partial charge in [0.25, 0.3) is 0 Å². The molecule has 16 heavy (non-hydrogen) atoms. The molecule has 4 heteroatoms. The van der Waals surface area contributed by atoms with Gasteiger partial charge in [-0.2, -0.15) is 0 Å². The van der Waals surface area contributed by atoms with Crippen molar-refractivity contribution in [1.29, 1.82) is 0 Å². The van der Waals surface area contributed by atoms with Crippen molar-refractivity contribution >= 4 is 11.6 Å². The van der Waals surface area contributed by atoms with Gasteiger partial charge < -0.3 is 4.42 Å². The maximum Gasteiger partial charge on any atom is 0.212 e. The van der Waals surface area contributed by atoms with Crippen molar-refractivity contribution in [2.75, 3.05) is 0 Å². The second-order valence-electron chi connectivity index (χ2n) is 3.64. The number of benzene rings is 1. The molecule has 0 aliphatic carbocycles. The summed E-state index contributed by atoms with van der Waals surface area (Å²) in [5, 5.41) is -0.269. The van der Waals surface area contributed by atoms with Crippen molar-refractivity contribution in [2.24, 2.45) is 0 Å². The van der Waals surface area contributed by atoms with E-state index in [4.69, 9.17) is 16.0 Å². The van der Waals surface area contributed by atoms with E-state index in [2.05, 4.69) is 4.98 Å². The quantitative estimate of drug-likeness (QED) is 0.738. The van der Waals surface area contributed by atoms with Crippen LogP contribution >= 0.6 is 11.6 Å². The highest BCUT2D eigenvalue weighted by atomic mass is 35.5. The molecule has 84 valence electrons. The highest BCUT2D eigenvalue weighted by Crippen LogP contribution is 2.28. The van der Waals surface area contributed by atoms with Gasteiger partial charge in [-0.25, -0.2) is 9.37 Å². The van der Waals surface area contributed by atoms with Gasteiger partial charge in [0.1, 0.15) is 11.2 Å². The van der Waals surface area contributed by atoms with Crippen LogP contribution in [0.5, 0.6) is 0 Å². The van der Waals surface area contributed by atoms with E-state index in [1.54, 1.807) is 19.2 Å². The summed E-state index contributed by atoms with van der Waals surface area (Å²) in [6.45, 7) is 3.61. The van der Waals surface area contributed by atoms with E-state index in [0.717, 1.165) is 11.1 Å². The molecule has 2 nitrogen and oxygen atoms in total. The minimum atomic E-state index is -0.269. The van der Waals surface area contributed by atoms with Gasteiger partial charge in [0.15, 0.2) is 5.76 Å². The Hall–Kier alpha value is -1.35. The SMILES string of the molecule is Cc1cc(F)ccc1-c1cnc(C(C)Cl)o1. The zero-order valence-electron chi connectivity index (χ0n) is 9.00. The van der Waals surface area contributed by atoms with Crippen LogP contribution in [0.15, 0.2) is 28.8 Å². The third kappa shape index (κ3) is 2.09.